The van der Waals surface area contributed by atoms with Crippen molar-refractivity contribution in [1.82, 2.24) is 5.32 Å². The molecule has 5 heteroatoms. The molecule has 1 aromatic carbocycles. The molecule has 0 aromatic heterocycles. The number of nitrogens with one attached hydrogen (secondary N) is 1. The van der Waals surface area contributed by atoms with Crippen molar-refractivity contribution in [3.8, 4) is 11.5 Å². The second kappa shape index (κ2) is 5.93. The van der Waals surface area contributed by atoms with E-state index in [1.54, 1.807) is 12.1 Å². The number of benzene rings is 1. The van der Waals surface area contributed by atoms with E-state index in [1.807, 2.05) is 0 Å². The molecular formula is C14H20N2O3. The largest absolute Gasteiger partial charge is 0.507 e. The zero-order chi connectivity index (χ0) is 13.8. The maximum atomic E-state index is 12.1. The van der Waals surface area contributed by atoms with Crippen LogP contribution in [0.2, 0.25) is 0 Å². The normalized spacial score (nSPS) is 22.8. The van der Waals surface area contributed by atoms with Crippen molar-refractivity contribution in [2.45, 2.75) is 37.8 Å². The number of rotatable bonds is 3. The quantitative estimate of drug-likeness (QED) is 0.770. The first-order valence-electron chi connectivity index (χ1n) is 6.55. The van der Waals surface area contributed by atoms with Gasteiger partial charge in [0.25, 0.3) is 5.91 Å². The summed E-state index contributed by atoms with van der Waals surface area (Å²) in [5, 5.41) is 12.7. The molecule has 1 aliphatic carbocycles. The van der Waals surface area contributed by atoms with Crippen LogP contribution in [0, 0.1) is 0 Å². The molecule has 0 aliphatic heterocycles. The number of phenolic OH excluding ortho intramolecular Hbond substituents is 1. The molecule has 0 heterocycles. The molecule has 0 saturated heterocycles. The predicted molar refractivity (Wildman–Crippen MR) is 72.4 cm³/mol. The summed E-state index contributed by atoms with van der Waals surface area (Å²) in [6.45, 7) is 0. The fraction of sp³-hybridized carbons (Fsp3) is 0.500. The summed E-state index contributed by atoms with van der Waals surface area (Å²) < 4.78 is 4.99. The first-order valence-corrected chi connectivity index (χ1v) is 6.55. The zero-order valence-electron chi connectivity index (χ0n) is 11.1. The lowest BCUT2D eigenvalue weighted by molar-refractivity contribution is 0.0918. The Labute approximate surface area is 112 Å². The van der Waals surface area contributed by atoms with Gasteiger partial charge in [0.15, 0.2) is 0 Å². The van der Waals surface area contributed by atoms with Crippen molar-refractivity contribution in [2.24, 2.45) is 5.73 Å². The van der Waals surface area contributed by atoms with Gasteiger partial charge in [0, 0.05) is 18.2 Å². The van der Waals surface area contributed by atoms with E-state index in [4.69, 9.17) is 10.5 Å². The van der Waals surface area contributed by atoms with Crippen molar-refractivity contribution in [2.75, 3.05) is 7.11 Å². The number of carbonyl (C=O) groups excluding carboxylic acids is 1. The molecular weight excluding hydrogens is 244 g/mol. The third kappa shape index (κ3) is 3.17. The summed E-state index contributed by atoms with van der Waals surface area (Å²) in [4.78, 5) is 12.1. The summed E-state index contributed by atoms with van der Waals surface area (Å²) in [5.41, 5.74) is 6.24. The van der Waals surface area contributed by atoms with E-state index < -0.39 is 0 Å². The van der Waals surface area contributed by atoms with Gasteiger partial charge in [-0.15, -0.1) is 0 Å². The SMILES string of the molecule is COc1ccc(C(=O)NC2CCCCC2N)c(O)c1. The van der Waals surface area contributed by atoms with Crippen LogP contribution in [0.25, 0.3) is 0 Å². The van der Waals surface area contributed by atoms with E-state index in [0.29, 0.717) is 5.75 Å². The highest BCUT2D eigenvalue weighted by Crippen LogP contribution is 2.24. The third-order valence-electron chi connectivity index (χ3n) is 3.59. The monoisotopic (exact) mass is 264 g/mol. The summed E-state index contributed by atoms with van der Waals surface area (Å²) in [6.07, 6.45) is 4.01. The van der Waals surface area contributed by atoms with Crippen LogP contribution >= 0.6 is 0 Å². The summed E-state index contributed by atoms with van der Waals surface area (Å²) >= 11 is 0. The topological polar surface area (TPSA) is 84.6 Å². The zero-order valence-corrected chi connectivity index (χ0v) is 11.1. The second-order valence-electron chi connectivity index (χ2n) is 4.91. The van der Waals surface area contributed by atoms with Crippen molar-refractivity contribution in [1.29, 1.82) is 0 Å². The van der Waals surface area contributed by atoms with Gasteiger partial charge in [-0.1, -0.05) is 12.8 Å². The van der Waals surface area contributed by atoms with Gasteiger partial charge in [-0.2, -0.15) is 0 Å². The minimum Gasteiger partial charge on any atom is -0.507 e. The van der Waals surface area contributed by atoms with Crippen molar-refractivity contribution >= 4 is 5.91 Å². The van der Waals surface area contributed by atoms with E-state index in [0.717, 1.165) is 25.7 Å². The molecule has 2 atom stereocenters. The molecule has 5 nitrogen and oxygen atoms in total. The van der Waals surface area contributed by atoms with Crippen LogP contribution in [-0.2, 0) is 0 Å². The van der Waals surface area contributed by atoms with Crippen LogP contribution in [0.4, 0.5) is 0 Å². The highest BCUT2D eigenvalue weighted by Gasteiger charge is 2.24. The molecule has 104 valence electrons. The van der Waals surface area contributed by atoms with Gasteiger partial charge in [0.2, 0.25) is 0 Å². The number of ether oxygens (including phenoxy) is 1. The van der Waals surface area contributed by atoms with Crippen molar-refractivity contribution in [3.05, 3.63) is 23.8 Å². The number of methoxy groups -OCH3 is 1. The van der Waals surface area contributed by atoms with Crippen LogP contribution < -0.4 is 15.8 Å². The number of phenols is 1. The molecule has 2 rings (SSSR count). The van der Waals surface area contributed by atoms with Gasteiger partial charge in [-0.25, -0.2) is 0 Å². The van der Waals surface area contributed by atoms with Gasteiger partial charge in [0.05, 0.1) is 12.7 Å². The lowest BCUT2D eigenvalue weighted by atomic mass is 9.91. The number of aromatic hydroxyl groups is 1. The minimum absolute atomic E-state index is 0.00177. The molecule has 1 aliphatic rings. The molecule has 2 unspecified atom stereocenters. The van der Waals surface area contributed by atoms with Crippen molar-refractivity contribution < 1.29 is 14.6 Å². The Kier molecular flexibility index (Phi) is 4.27. The smallest absolute Gasteiger partial charge is 0.255 e. The van der Waals surface area contributed by atoms with E-state index in [2.05, 4.69) is 5.32 Å². The molecule has 0 bridgehead atoms. The van der Waals surface area contributed by atoms with Gasteiger partial charge < -0.3 is 20.9 Å². The number of hydrogen-bond acceptors (Lipinski definition) is 4. The summed E-state index contributed by atoms with van der Waals surface area (Å²) in [7, 11) is 1.51. The Bertz CT molecular complexity index is 462. The van der Waals surface area contributed by atoms with E-state index in [9.17, 15) is 9.90 Å². The molecule has 1 amide bonds. The van der Waals surface area contributed by atoms with E-state index >= 15 is 0 Å². The Morgan fingerprint density at radius 2 is 2.16 bits per heavy atom. The Morgan fingerprint density at radius 1 is 1.42 bits per heavy atom. The van der Waals surface area contributed by atoms with E-state index in [1.165, 1.54) is 13.2 Å². The van der Waals surface area contributed by atoms with Gasteiger partial charge in [-0.3, -0.25) is 4.79 Å². The molecule has 1 saturated carbocycles. The molecule has 0 spiro atoms. The average molecular weight is 264 g/mol. The number of amides is 1. The molecule has 1 aromatic rings. The Morgan fingerprint density at radius 3 is 2.79 bits per heavy atom. The maximum absolute atomic E-state index is 12.1. The molecule has 4 N–H and O–H groups in total. The maximum Gasteiger partial charge on any atom is 0.255 e. The minimum atomic E-state index is -0.289. The van der Waals surface area contributed by atoms with Gasteiger partial charge in [-0.05, 0) is 25.0 Å². The summed E-state index contributed by atoms with van der Waals surface area (Å²) in [5.74, 6) is 0.146. The van der Waals surface area contributed by atoms with E-state index in [-0.39, 0.29) is 29.3 Å². The highest BCUT2D eigenvalue weighted by atomic mass is 16.5. The fourth-order valence-electron chi connectivity index (χ4n) is 2.42. The fourth-order valence-corrected chi connectivity index (χ4v) is 2.42. The standard InChI is InChI=1S/C14H20N2O3/c1-19-9-6-7-10(13(17)8-9)14(18)16-12-5-3-2-4-11(12)15/h6-8,11-12,17H,2-5,15H2,1H3,(H,16,18). The van der Waals surface area contributed by atoms with Crippen LogP contribution in [0.3, 0.4) is 0 Å². The summed E-state index contributed by atoms with van der Waals surface area (Å²) in [6, 6.07) is 4.61. The average Bonchev–Trinajstić information content (AvgIpc) is 2.41. The van der Waals surface area contributed by atoms with Crippen LogP contribution in [0.1, 0.15) is 36.0 Å². The number of carbonyl (C=O) groups is 1. The third-order valence-corrected chi connectivity index (χ3v) is 3.59. The van der Waals surface area contributed by atoms with Gasteiger partial charge >= 0.3 is 0 Å². The second-order valence-corrected chi connectivity index (χ2v) is 4.91. The first-order chi connectivity index (χ1) is 9.11. The van der Waals surface area contributed by atoms with Crippen LogP contribution in [0.5, 0.6) is 11.5 Å². The highest BCUT2D eigenvalue weighted by molar-refractivity contribution is 5.97. The van der Waals surface area contributed by atoms with Crippen LogP contribution in [-0.4, -0.2) is 30.2 Å². The Balaban J connectivity index is 2.07. The Hall–Kier alpha value is -1.75. The van der Waals surface area contributed by atoms with Gasteiger partial charge in [0.1, 0.15) is 11.5 Å². The first kappa shape index (κ1) is 13.7. The number of nitrogens with two attached hydrogens (primary N) is 1. The van der Waals surface area contributed by atoms with Crippen molar-refractivity contribution in [3.63, 3.8) is 0 Å². The predicted octanol–water partition coefficient (Wildman–Crippen LogP) is 1.40. The molecule has 0 radical (unpaired) electrons. The lowest BCUT2D eigenvalue weighted by Crippen LogP contribution is -2.49. The molecule has 19 heavy (non-hydrogen) atoms. The molecule has 1 fully saturated rings. The number of hydrogen-bond donors (Lipinski definition) is 3. The lowest BCUT2D eigenvalue weighted by Gasteiger charge is -2.29. The van der Waals surface area contributed by atoms with Crippen LogP contribution in [0.15, 0.2) is 18.2 Å².